The number of nitrogens with two attached hydrogens (primary N) is 1. The summed E-state index contributed by atoms with van der Waals surface area (Å²) >= 11 is 0. The summed E-state index contributed by atoms with van der Waals surface area (Å²) in [4.78, 5) is 26.0. The molecule has 1 fully saturated rings. The summed E-state index contributed by atoms with van der Waals surface area (Å²) in [6.07, 6.45) is 6.24. The minimum atomic E-state index is -0.814. The molecule has 0 unspecified atom stereocenters. The van der Waals surface area contributed by atoms with E-state index in [0.29, 0.717) is 17.5 Å². The fourth-order valence-electron chi connectivity index (χ4n) is 5.11. The zero-order chi connectivity index (χ0) is 22.9. The van der Waals surface area contributed by atoms with Crippen molar-refractivity contribution in [2.75, 3.05) is 37.6 Å². The number of piperazine rings is 1. The van der Waals surface area contributed by atoms with E-state index in [4.69, 9.17) is 5.73 Å². The normalized spacial score (nSPS) is 17.2. The molecule has 2 N–H and O–H groups in total. The fraction of sp³-hybridized carbons (Fsp3) is 0.458. The summed E-state index contributed by atoms with van der Waals surface area (Å²) in [5, 5.41) is 0. The predicted octanol–water partition coefficient (Wildman–Crippen LogP) is 2.90. The summed E-state index contributed by atoms with van der Waals surface area (Å²) in [6.45, 7) is 4.88. The summed E-state index contributed by atoms with van der Waals surface area (Å²) in [7, 11) is 0. The van der Waals surface area contributed by atoms with Gasteiger partial charge in [0.25, 0.3) is 5.91 Å². The molecule has 7 nitrogen and oxygen atoms in total. The molecule has 2 aliphatic rings. The number of carbonyl (C=O) groups is 1. The SMILES string of the molecule is NC(=O)c1c2n(c3c(N4CCN(CCc5ccc(F)c(F)c5)CC4)ncnc13)CCCCC2. The average molecular weight is 455 g/mol. The van der Waals surface area contributed by atoms with Crippen molar-refractivity contribution in [1.29, 1.82) is 0 Å². The summed E-state index contributed by atoms with van der Waals surface area (Å²) in [5.41, 5.74) is 9.67. The van der Waals surface area contributed by atoms with Gasteiger partial charge in [0.15, 0.2) is 17.5 Å². The van der Waals surface area contributed by atoms with Gasteiger partial charge in [0.2, 0.25) is 0 Å². The average Bonchev–Trinajstić information content (AvgIpc) is 2.95. The van der Waals surface area contributed by atoms with Crippen molar-refractivity contribution in [3.63, 3.8) is 0 Å². The van der Waals surface area contributed by atoms with Crippen LogP contribution in [0.4, 0.5) is 14.6 Å². The van der Waals surface area contributed by atoms with Gasteiger partial charge in [0, 0.05) is 45.0 Å². The van der Waals surface area contributed by atoms with Gasteiger partial charge in [-0.25, -0.2) is 18.7 Å². The largest absolute Gasteiger partial charge is 0.365 e. The number of benzene rings is 1. The van der Waals surface area contributed by atoms with Crippen molar-refractivity contribution in [3.05, 3.63) is 53.0 Å². The monoisotopic (exact) mass is 454 g/mol. The van der Waals surface area contributed by atoms with E-state index < -0.39 is 17.5 Å². The summed E-state index contributed by atoms with van der Waals surface area (Å²) in [5.74, 6) is -1.18. The number of primary amides is 1. The molecule has 1 amide bonds. The maximum Gasteiger partial charge on any atom is 0.252 e. The van der Waals surface area contributed by atoms with Crippen LogP contribution in [0, 0.1) is 11.6 Å². The van der Waals surface area contributed by atoms with Gasteiger partial charge in [-0.2, -0.15) is 0 Å². The first-order valence-corrected chi connectivity index (χ1v) is 11.6. The van der Waals surface area contributed by atoms with Crippen LogP contribution in [0.5, 0.6) is 0 Å². The van der Waals surface area contributed by atoms with Crippen LogP contribution in [0.25, 0.3) is 11.0 Å². The Morgan fingerprint density at radius 3 is 2.58 bits per heavy atom. The highest BCUT2D eigenvalue weighted by atomic mass is 19.2. The number of aryl methyl sites for hydroxylation is 1. The third-order valence-electron chi connectivity index (χ3n) is 6.84. The number of aromatic nitrogens is 3. The smallest absolute Gasteiger partial charge is 0.252 e. The van der Waals surface area contributed by atoms with E-state index in [-0.39, 0.29) is 0 Å². The van der Waals surface area contributed by atoms with E-state index in [9.17, 15) is 13.6 Å². The molecule has 3 aromatic rings. The highest BCUT2D eigenvalue weighted by Gasteiger charge is 2.28. The highest BCUT2D eigenvalue weighted by Crippen LogP contribution is 2.33. The molecule has 2 aromatic heterocycles. The second kappa shape index (κ2) is 9.05. The Morgan fingerprint density at radius 1 is 1.00 bits per heavy atom. The van der Waals surface area contributed by atoms with Crippen molar-refractivity contribution in [2.45, 2.75) is 38.6 Å². The van der Waals surface area contributed by atoms with E-state index in [1.807, 2.05) is 0 Å². The number of carbonyl (C=O) groups excluding carboxylic acids is 1. The molecule has 5 rings (SSSR count). The Hall–Kier alpha value is -3.07. The lowest BCUT2D eigenvalue weighted by Crippen LogP contribution is -2.47. The first-order chi connectivity index (χ1) is 16.0. The third-order valence-corrected chi connectivity index (χ3v) is 6.84. The number of rotatable bonds is 5. The van der Waals surface area contributed by atoms with Gasteiger partial charge >= 0.3 is 0 Å². The Morgan fingerprint density at radius 2 is 1.82 bits per heavy atom. The van der Waals surface area contributed by atoms with Crippen molar-refractivity contribution in [1.82, 2.24) is 19.4 Å². The van der Waals surface area contributed by atoms with E-state index in [0.717, 1.165) is 87.5 Å². The van der Waals surface area contributed by atoms with Gasteiger partial charge in [0.1, 0.15) is 17.4 Å². The first kappa shape index (κ1) is 21.8. The molecular formula is C24H28F2N6O. The molecule has 0 atom stereocenters. The van der Waals surface area contributed by atoms with Crippen molar-refractivity contribution >= 4 is 22.8 Å². The Balaban J connectivity index is 1.34. The maximum atomic E-state index is 13.5. The molecular weight excluding hydrogens is 426 g/mol. The molecule has 0 radical (unpaired) electrons. The number of hydrogen-bond acceptors (Lipinski definition) is 5. The molecule has 0 spiro atoms. The molecule has 9 heteroatoms. The zero-order valence-corrected chi connectivity index (χ0v) is 18.6. The number of halogens is 2. The van der Waals surface area contributed by atoms with Crippen LogP contribution in [-0.4, -0.2) is 58.1 Å². The maximum absolute atomic E-state index is 13.5. The van der Waals surface area contributed by atoms with Crippen LogP contribution in [0.1, 0.15) is 40.9 Å². The standard InChI is InChI=1S/C24H28F2N6O/c25-17-6-5-16(14-18(17)26)7-9-30-10-12-31(13-11-30)24-22-21(28-15-29-24)20(23(27)33)19-4-2-1-3-8-32(19)22/h5-6,14-15H,1-4,7-13H2,(H2,27,33). The molecule has 0 saturated carbocycles. The molecule has 0 aliphatic carbocycles. The van der Waals surface area contributed by atoms with Crippen LogP contribution in [0.2, 0.25) is 0 Å². The lowest BCUT2D eigenvalue weighted by atomic mass is 10.1. The quantitative estimate of drug-likeness (QED) is 0.641. The van der Waals surface area contributed by atoms with Crippen LogP contribution >= 0.6 is 0 Å². The lowest BCUT2D eigenvalue weighted by Gasteiger charge is -2.35. The molecule has 4 heterocycles. The van der Waals surface area contributed by atoms with Crippen LogP contribution in [0.3, 0.4) is 0 Å². The topological polar surface area (TPSA) is 80.3 Å². The Labute approximate surface area is 191 Å². The molecule has 2 aliphatic heterocycles. The highest BCUT2D eigenvalue weighted by molar-refractivity contribution is 6.08. The van der Waals surface area contributed by atoms with Gasteiger partial charge in [-0.1, -0.05) is 12.5 Å². The minimum absolute atomic E-state index is 0.428. The number of hydrogen-bond donors (Lipinski definition) is 1. The Bertz CT molecular complexity index is 1190. The van der Waals surface area contributed by atoms with Crippen LogP contribution in [0.15, 0.2) is 24.5 Å². The molecule has 1 aromatic carbocycles. The minimum Gasteiger partial charge on any atom is -0.365 e. The molecule has 33 heavy (non-hydrogen) atoms. The van der Waals surface area contributed by atoms with E-state index in [1.165, 1.54) is 18.5 Å². The second-order valence-corrected chi connectivity index (χ2v) is 8.87. The third kappa shape index (κ3) is 4.17. The number of anilines is 1. The number of fused-ring (bicyclic) bond motifs is 3. The molecule has 0 bridgehead atoms. The van der Waals surface area contributed by atoms with Gasteiger partial charge in [-0.05, 0) is 43.4 Å². The first-order valence-electron chi connectivity index (χ1n) is 11.6. The number of nitrogens with zero attached hydrogens (tertiary/aromatic N) is 5. The van der Waals surface area contributed by atoms with Crippen LogP contribution < -0.4 is 10.6 Å². The number of amides is 1. The van der Waals surface area contributed by atoms with E-state index in [1.54, 1.807) is 6.07 Å². The second-order valence-electron chi connectivity index (χ2n) is 8.87. The van der Waals surface area contributed by atoms with E-state index >= 15 is 0 Å². The summed E-state index contributed by atoms with van der Waals surface area (Å²) in [6, 6.07) is 4.10. The van der Waals surface area contributed by atoms with Crippen LogP contribution in [-0.2, 0) is 19.4 Å². The van der Waals surface area contributed by atoms with Gasteiger partial charge in [0.05, 0.1) is 5.56 Å². The lowest BCUT2D eigenvalue weighted by molar-refractivity contribution is 0.100. The zero-order valence-electron chi connectivity index (χ0n) is 18.6. The Kier molecular flexibility index (Phi) is 5.97. The van der Waals surface area contributed by atoms with Gasteiger partial charge in [-0.3, -0.25) is 9.69 Å². The van der Waals surface area contributed by atoms with Crippen molar-refractivity contribution in [2.24, 2.45) is 5.73 Å². The summed E-state index contributed by atoms with van der Waals surface area (Å²) < 4.78 is 28.8. The van der Waals surface area contributed by atoms with Gasteiger partial charge < -0.3 is 15.2 Å². The predicted molar refractivity (Wildman–Crippen MR) is 122 cm³/mol. The molecule has 174 valence electrons. The fourth-order valence-corrected chi connectivity index (χ4v) is 5.11. The van der Waals surface area contributed by atoms with Crippen molar-refractivity contribution in [3.8, 4) is 0 Å². The van der Waals surface area contributed by atoms with E-state index in [2.05, 4.69) is 24.3 Å². The molecule has 1 saturated heterocycles. The van der Waals surface area contributed by atoms with Crippen molar-refractivity contribution < 1.29 is 13.6 Å². The van der Waals surface area contributed by atoms with Gasteiger partial charge in [-0.15, -0.1) is 0 Å².